The summed E-state index contributed by atoms with van der Waals surface area (Å²) in [6.07, 6.45) is 2.10. The van der Waals surface area contributed by atoms with E-state index in [0.717, 1.165) is 16.7 Å². The van der Waals surface area contributed by atoms with E-state index >= 15 is 0 Å². The highest BCUT2D eigenvalue weighted by Gasteiger charge is 2.38. The number of aryl methyl sites for hydroxylation is 3. The number of carboxylic acid groups (broad SMARTS) is 3. The summed E-state index contributed by atoms with van der Waals surface area (Å²) in [7, 11) is 0. The molecule has 0 radical (unpaired) electrons. The second-order valence-corrected chi connectivity index (χ2v) is 12.8. The molecule has 3 unspecified atom stereocenters. The van der Waals surface area contributed by atoms with Gasteiger partial charge in [-0.3, -0.25) is 0 Å². The number of rotatable bonds is 18. The zero-order valence-corrected chi connectivity index (χ0v) is 30.2. The van der Waals surface area contributed by atoms with Gasteiger partial charge < -0.3 is 29.5 Å². The van der Waals surface area contributed by atoms with Crippen molar-refractivity contribution in [3.63, 3.8) is 0 Å². The first-order chi connectivity index (χ1) is 24.4. The quantitative estimate of drug-likeness (QED) is 0.0930. The Kier molecular flexibility index (Phi) is 13.3. The molecule has 0 fully saturated rings. The van der Waals surface area contributed by atoms with Crippen molar-refractivity contribution in [3.8, 4) is 17.2 Å². The third-order valence-corrected chi connectivity index (χ3v) is 9.26. The van der Waals surface area contributed by atoms with Gasteiger partial charge in [-0.2, -0.15) is 0 Å². The fraction of sp³-hybridized carbons (Fsp3) is 0.357. The standard InChI is InChI=1S/C42H48O9/c1-7-28-16-10-13-19-31(28)49-22-25(4)34-35(26(5)23-50-32-20-14-11-17-29(32)8-2)38(41(45)46)39(42(47)48)36(37(34)40(43)44)27(6)24-51-33-21-15-12-18-30(33)9-3/h10-21,25-27H,7-9,22-24H2,1-6H3,(H,43,44)(H,45,46)(H,47,48). The molecule has 9 nitrogen and oxygen atoms in total. The highest BCUT2D eigenvalue weighted by atomic mass is 16.5. The Bertz CT molecular complexity index is 1860. The molecule has 0 aromatic heterocycles. The Hall–Kier alpha value is -5.31. The van der Waals surface area contributed by atoms with Gasteiger partial charge in [0.15, 0.2) is 0 Å². The van der Waals surface area contributed by atoms with Gasteiger partial charge in [0.1, 0.15) is 17.2 Å². The third-order valence-electron chi connectivity index (χ3n) is 9.26. The maximum Gasteiger partial charge on any atom is 0.336 e. The fourth-order valence-corrected chi connectivity index (χ4v) is 6.70. The zero-order valence-electron chi connectivity index (χ0n) is 30.2. The van der Waals surface area contributed by atoms with Crippen LogP contribution in [-0.2, 0) is 19.3 Å². The normalized spacial score (nSPS) is 12.8. The topological polar surface area (TPSA) is 140 Å². The van der Waals surface area contributed by atoms with Gasteiger partial charge in [0, 0.05) is 17.8 Å². The third kappa shape index (κ3) is 8.71. The van der Waals surface area contributed by atoms with Crippen LogP contribution < -0.4 is 14.2 Å². The molecule has 3 atom stereocenters. The molecule has 0 aliphatic rings. The predicted octanol–water partition coefficient (Wildman–Crippen LogP) is 9.02. The lowest BCUT2D eigenvalue weighted by molar-refractivity contribution is 0.0643. The molecule has 51 heavy (non-hydrogen) atoms. The highest BCUT2D eigenvalue weighted by Crippen LogP contribution is 2.42. The van der Waals surface area contributed by atoms with E-state index in [9.17, 15) is 29.7 Å². The Balaban J connectivity index is 1.94. The van der Waals surface area contributed by atoms with Crippen LogP contribution in [0, 0.1) is 0 Å². The Morgan fingerprint density at radius 1 is 0.471 bits per heavy atom. The van der Waals surface area contributed by atoms with E-state index in [4.69, 9.17) is 14.2 Å². The second-order valence-electron chi connectivity index (χ2n) is 12.8. The smallest absolute Gasteiger partial charge is 0.336 e. The van der Waals surface area contributed by atoms with Crippen molar-refractivity contribution in [2.24, 2.45) is 0 Å². The van der Waals surface area contributed by atoms with Gasteiger partial charge in [0.25, 0.3) is 0 Å². The van der Waals surface area contributed by atoms with Crippen molar-refractivity contribution in [3.05, 3.63) is 123 Å². The number of carbonyl (C=O) groups is 3. The largest absolute Gasteiger partial charge is 0.493 e. The molecule has 0 heterocycles. The van der Waals surface area contributed by atoms with Crippen molar-refractivity contribution in [2.75, 3.05) is 19.8 Å². The molecule has 0 aliphatic carbocycles. The lowest BCUT2D eigenvalue weighted by atomic mass is 9.75. The zero-order chi connectivity index (χ0) is 37.2. The van der Waals surface area contributed by atoms with Crippen LogP contribution in [0.5, 0.6) is 17.2 Å². The summed E-state index contributed by atoms with van der Waals surface area (Å²) in [6.45, 7) is 11.0. The van der Waals surface area contributed by atoms with Crippen LogP contribution in [0.25, 0.3) is 0 Å². The summed E-state index contributed by atoms with van der Waals surface area (Å²) in [6, 6.07) is 22.5. The first kappa shape index (κ1) is 38.5. The summed E-state index contributed by atoms with van der Waals surface area (Å²) < 4.78 is 18.6. The number of ether oxygens (including phenoxy) is 3. The van der Waals surface area contributed by atoms with Crippen molar-refractivity contribution < 1.29 is 43.9 Å². The Morgan fingerprint density at radius 3 is 1.06 bits per heavy atom. The first-order valence-corrected chi connectivity index (χ1v) is 17.5. The molecule has 0 bridgehead atoms. The van der Waals surface area contributed by atoms with Gasteiger partial charge in [-0.25, -0.2) is 14.4 Å². The maximum absolute atomic E-state index is 13.4. The minimum atomic E-state index is -1.54. The summed E-state index contributed by atoms with van der Waals surface area (Å²) in [5, 5.41) is 32.4. The SMILES string of the molecule is CCc1ccccc1OCC(C)c1c(C(=O)O)c(C(=O)O)c(C(C)COc2ccccc2CC)c(C(C)COc2ccccc2CC)c1C(=O)O. The molecular weight excluding hydrogens is 648 g/mol. The fourth-order valence-electron chi connectivity index (χ4n) is 6.70. The average Bonchev–Trinajstić information content (AvgIpc) is 3.13. The minimum Gasteiger partial charge on any atom is -0.493 e. The maximum atomic E-state index is 13.4. The minimum absolute atomic E-state index is 0.0101. The number of aromatic carboxylic acids is 3. The van der Waals surface area contributed by atoms with Crippen LogP contribution in [0.1, 0.15) is 124 Å². The molecule has 0 saturated carbocycles. The number of carboxylic acids is 3. The highest BCUT2D eigenvalue weighted by molar-refractivity contribution is 6.08. The van der Waals surface area contributed by atoms with Crippen LogP contribution in [0.2, 0.25) is 0 Å². The van der Waals surface area contributed by atoms with E-state index in [0.29, 0.717) is 36.5 Å². The van der Waals surface area contributed by atoms with Crippen LogP contribution in [0.4, 0.5) is 0 Å². The van der Waals surface area contributed by atoms with Crippen molar-refractivity contribution in [1.29, 1.82) is 0 Å². The van der Waals surface area contributed by atoms with Crippen LogP contribution in [0.3, 0.4) is 0 Å². The van der Waals surface area contributed by atoms with Crippen LogP contribution in [0.15, 0.2) is 72.8 Å². The van der Waals surface area contributed by atoms with E-state index in [1.54, 1.807) is 26.8 Å². The Morgan fingerprint density at radius 2 is 0.745 bits per heavy atom. The molecule has 9 heteroatoms. The average molecular weight is 697 g/mol. The molecule has 270 valence electrons. The predicted molar refractivity (Wildman–Crippen MR) is 197 cm³/mol. The monoisotopic (exact) mass is 696 g/mol. The van der Waals surface area contributed by atoms with Crippen molar-refractivity contribution in [2.45, 2.75) is 78.6 Å². The van der Waals surface area contributed by atoms with E-state index in [-0.39, 0.29) is 42.1 Å². The lowest BCUT2D eigenvalue weighted by Gasteiger charge is -2.30. The van der Waals surface area contributed by atoms with Crippen molar-refractivity contribution in [1.82, 2.24) is 0 Å². The molecule has 4 aromatic rings. The van der Waals surface area contributed by atoms with Gasteiger partial charge in [-0.15, -0.1) is 0 Å². The molecule has 4 rings (SSSR count). The lowest BCUT2D eigenvalue weighted by Crippen LogP contribution is -2.28. The van der Waals surface area contributed by atoms with Crippen LogP contribution in [-0.4, -0.2) is 53.0 Å². The van der Waals surface area contributed by atoms with Gasteiger partial charge in [-0.05, 0) is 70.8 Å². The molecule has 0 aliphatic heterocycles. The van der Waals surface area contributed by atoms with E-state index in [1.165, 1.54) is 0 Å². The van der Waals surface area contributed by atoms with Crippen molar-refractivity contribution >= 4 is 17.9 Å². The van der Waals surface area contributed by atoms with E-state index in [1.807, 2.05) is 87.5 Å². The number of benzene rings is 4. The molecule has 3 N–H and O–H groups in total. The number of hydrogen-bond acceptors (Lipinski definition) is 6. The van der Waals surface area contributed by atoms with Gasteiger partial charge >= 0.3 is 17.9 Å². The number of para-hydroxylation sites is 3. The van der Waals surface area contributed by atoms with E-state index in [2.05, 4.69) is 0 Å². The number of hydrogen-bond donors (Lipinski definition) is 3. The Labute approximate surface area is 299 Å². The molecular formula is C42H48O9. The summed E-state index contributed by atoms with van der Waals surface area (Å²) in [5.41, 5.74) is 1.76. The summed E-state index contributed by atoms with van der Waals surface area (Å²) in [5.74, 6) is -4.77. The first-order valence-electron chi connectivity index (χ1n) is 17.5. The van der Waals surface area contributed by atoms with Crippen LogP contribution >= 0.6 is 0 Å². The van der Waals surface area contributed by atoms with E-state index < -0.39 is 46.8 Å². The summed E-state index contributed by atoms with van der Waals surface area (Å²) in [4.78, 5) is 39.9. The summed E-state index contributed by atoms with van der Waals surface area (Å²) >= 11 is 0. The van der Waals surface area contributed by atoms with Gasteiger partial charge in [-0.1, -0.05) is 96.1 Å². The molecule has 0 amide bonds. The molecule has 0 spiro atoms. The van der Waals surface area contributed by atoms with Gasteiger partial charge in [0.2, 0.25) is 0 Å². The second kappa shape index (κ2) is 17.6. The molecule has 4 aromatic carbocycles. The molecule has 0 saturated heterocycles. The van der Waals surface area contributed by atoms with Gasteiger partial charge in [0.05, 0.1) is 36.5 Å².